The van der Waals surface area contributed by atoms with Gasteiger partial charge in [0.1, 0.15) is 5.75 Å². The normalized spacial score (nSPS) is 15.8. The number of ether oxygens (including phenoxy) is 1. The van der Waals surface area contributed by atoms with Crippen LogP contribution in [0.2, 0.25) is 0 Å². The number of fused-ring (bicyclic) bond motifs is 1. The zero-order valence-corrected chi connectivity index (χ0v) is 10.8. The van der Waals surface area contributed by atoms with Crippen LogP contribution in [-0.2, 0) is 17.6 Å². The zero-order chi connectivity index (χ0) is 13.0. The fourth-order valence-corrected chi connectivity index (χ4v) is 2.40. The Balaban J connectivity index is 1.95. The third-order valence-corrected chi connectivity index (χ3v) is 3.42. The van der Waals surface area contributed by atoms with Crippen LogP contribution < -0.4 is 4.74 Å². The van der Waals surface area contributed by atoms with Gasteiger partial charge in [0.15, 0.2) is 0 Å². The molecule has 1 aromatic carbocycles. The number of carboxylic acids is 1. The van der Waals surface area contributed by atoms with Gasteiger partial charge in [0, 0.05) is 6.42 Å². The van der Waals surface area contributed by atoms with Crippen molar-refractivity contribution in [3.8, 4) is 5.75 Å². The fraction of sp³-hybridized carbons (Fsp3) is 0.533. The number of carboxylic acid groups (broad SMARTS) is 1. The van der Waals surface area contributed by atoms with Gasteiger partial charge in [-0.1, -0.05) is 6.07 Å². The van der Waals surface area contributed by atoms with Crippen LogP contribution in [0.25, 0.3) is 0 Å². The molecule has 3 heteroatoms. The molecule has 1 aliphatic rings. The minimum absolute atomic E-state index is 0.0530. The molecule has 0 fully saturated rings. The molecule has 0 radical (unpaired) electrons. The number of carbonyl (C=O) groups is 1. The molecule has 0 aromatic heterocycles. The molecule has 98 valence electrons. The molecule has 1 aliphatic carbocycles. The van der Waals surface area contributed by atoms with E-state index >= 15 is 0 Å². The third-order valence-electron chi connectivity index (χ3n) is 3.42. The van der Waals surface area contributed by atoms with Gasteiger partial charge in [-0.05, 0) is 62.3 Å². The first-order valence-corrected chi connectivity index (χ1v) is 6.65. The predicted molar refractivity (Wildman–Crippen MR) is 70.0 cm³/mol. The van der Waals surface area contributed by atoms with Crippen molar-refractivity contribution in [3.63, 3.8) is 0 Å². The molecule has 0 bridgehead atoms. The molecular formula is C15H20O3. The molecule has 1 N–H and O–H groups in total. The van der Waals surface area contributed by atoms with Crippen LogP contribution in [0.5, 0.6) is 5.75 Å². The minimum Gasteiger partial charge on any atom is -0.491 e. The molecule has 0 saturated heterocycles. The second-order valence-corrected chi connectivity index (χ2v) is 5.00. The van der Waals surface area contributed by atoms with Gasteiger partial charge in [-0.15, -0.1) is 0 Å². The Hall–Kier alpha value is -1.51. The van der Waals surface area contributed by atoms with Crippen molar-refractivity contribution in [3.05, 3.63) is 29.3 Å². The maximum absolute atomic E-state index is 10.5. The van der Waals surface area contributed by atoms with Gasteiger partial charge in [0.25, 0.3) is 0 Å². The van der Waals surface area contributed by atoms with Crippen molar-refractivity contribution in [1.29, 1.82) is 0 Å². The molecule has 0 aliphatic heterocycles. The van der Waals surface area contributed by atoms with E-state index in [0.29, 0.717) is 6.42 Å². The number of hydrogen-bond acceptors (Lipinski definition) is 2. The van der Waals surface area contributed by atoms with Gasteiger partial charge >= 0.3 is 5.97 Å². The Morgan fingerprint density at radius 3 is 2.78 bits per heavy atom. The second-order valence-electron chi connectivity index (χ2n) is 5.00. The molecule has 0 saturated carbocycles. The Labute approximate surface area is 108 Å². The number of rotatable bonds is 5. The highest BCUT2D eigenvalue weighted by atomic mass is 16.5. The maximum atomic E-state index is 10.5. The number of aryl methyl sites for hydroxylation is 2. The number of benzene rings is 1. The molecule has 3 nitrogen and oxygen atoms in total. The highest BCUT2D eigenvalue weighted by Gasteiger charge is 2.12. The molecule has 0 heterocycles. The Morgan fingerprint density at radius 1 is 1.33 bits per heavy atom. The molecule has 1 aromatic rings. The summed E-state index contributed by atoms with van der Waals surface area (Å²) in [6, 6.07) is 6.26. The van der Waals surface area contributed by atoms with Crippen LogP contribution >= 0.6 is 0 Å². The van der Waals surface area contributed by atoms with Crippen molar-refractivity contribution >= 4 is 5.97 Å². The van der Waals surface area contributed by atoms with Gasteiger partial charge < -0.3 is 9.84 Å². The molecule has 0 spiro atoms. The largest absolute Gasteiger partial charge is 0.491 e. The van der Waals surface area contributed by atoms with E-state index in [1.807, 2.05) is 13.0 Å². The first-order chi connectivity index (χ1) is 8.65. The summed E-state index contributed by atoms with van der Waals surface area (Å²) < 4.78 is 5.77. The molecule has 0 amide bonds. The average Bonchev–Trinajstić information content (AvgIpc) is 2.36. The Kier molecular flexibility index (Phi) is 4.24. The SMILES string of the molecule is CC(CCC(=O)O)Oc1ccc2c(c1)CCCC2. The lowest BCUT2D eigenvalue weighted by atomic mass is 9.92. The summed E-state index contributed by atoms with van der Waals surface area (Å²) in [5.41, 5.74) is 2.83. The topological polar surface area (TPSA) is 46.5 Å². The lowest BCUT2D eigenvalue weighted by Gasteiger charge is -2.19. The van der Waals surface area contributed by atoms with E-state index in [2.05, 4.69) is 12.1 Å². The standard InChI is InChI=1S/C15H20O3/c1-11(6-9-15(16)17)18-14-8-7-12-4-2-3-5-13(12)10-14/h7-8,10-11H,2-6,9H2,1H3,(H,16,17). The second kappa shape index (κ2) is 5.89. The highest BCUT2D eigenvalue weighted by Crippen LogP contribution is 2.26. The van der Waals surface area contributed by atoms with E-state index in [1.54, 1.807) is 0 Å². The van der Waals surface area contributed by atoms with Crippen molar-refractivity contribution in [1.82, 2.24) is 0 Å². The molecular weight excluding hydrogens is 228 g/mol. The summed E-state index contributed by atoms with van der Waals surface area (Å²) in [5, 5.41) is 8.63. The zero-order valence-electron chi connectivity index (χ0n) is 10.8. The van der Waals surface area contributed by atoms with Gasteiger partial charge in [-0.25, -0.2) is 0 Å². The van der Waals surface area contributed by atoms with Crippen LogP contribution in [0.3, 0.4) is 0 Å². The summed E-state index contributed by atoms with van der Waals surface area (Å²) in [5.74, 6) is 0.101. The summed E-state index contributed by atoms with van der Waals surface area (Å²) in [6.45, 7) is 1.92. The van der Waals surface area contributed by atoms with Crippen LogP contribution in [0.4, 0.5) is 0 Å². The predicted octanol–water partition coefficient (Wildman–Crippen LogP) is 3.20. The summed E-state index contributed by atoms with van der Waals surface area (Å²) in [7, 11) is 0. The van der Waals surface area contributed by atoms with Crippen LogP contribution in [0.1, 0.15) is 43.7 Å². The van der Waals surface area contributed by atoms with E-state index in [1.165, 1.54) is 30.4 Å². The summed E-state index contributed by atoms with van der Waals surface area (Å²) >= 11 is 0. The number of aliphatic carboxylic acids is 1. The van der Waals surface area contributed by atoms with Crippen LogP contribution in [0, 0.1) is 0 Å². The quantitative estimate of drug-likeness (QED) is 0.870. The third kappa shape index (κ3) is 3.49. The van der Waals surface area contributed by atoms with Gasteiger partial charge in [0.2, 0.25) is 0 Å². The molecule has 2 rings (SSSR count). The monoisotopic (exact) mass is 248 g/mol. The summed E-state index contributed by atoms with van der Waals surface area (Å²) in [6.07, 6.45) is 5.49. The lowest BCUT2D eigenvalue weighted by Crippen LogP contribution is -2.14. The first-order valence-electron chi connectivity index (χ1n) is 6.65. The van der Waals surface area contributed by atoms with Crippen molar-refractivity contribution in [2.45, 2.75) is 51.6 Å². The van der Waals surface area contributed by atoms with E-state index in [-0.39, 0.29) is 12.5 Å². The summed E-state index contributed by atoms with van der Waals surface area (Å²) in [4.78, 5) is 10.5. The van der Waals surface area contributed by atoms with Crippen LogP contribution in [-0.4, -0.2) is 17.2 Å². The van der Waals surface area contributed by atoms with E-state index < -0.39 is 5.97 Å². The van der Waals surface area contributed by atoms with E-state index in [4.69, 9.17) is 9.84 Å². The first kappa shape index (κ1) is 12.9. The Bertz CT molecular complexity index is 426. The van der Waals surface area contributed by atoms with Crippen LogP contribution in [0.15, 0.2) is 18.2 Å². The van der Waals surface area contributed by atoms with E-state index in [0.717, 1.165) is 12.2 Å². The van der Waals surface area contributed by atoms with Gasteiger partial charge in [-0.2, -0.15) is 0 Å². The van der Waals surface area contributed by atoms with E-state index in [9.17, 15) is 4.79 Å². The molecule has 1 atom stereocenters. The minimum atomic E-state index is -0.768. The van der Waals surface area contributed by atoms with Crippen molar-refractivity contribution in [2.24, 2.45) is 0 Å². The van der Waals surface area contributed by atoms with Crippen molar-refractivity contribution < 1.29 is 14.6 Å². The maximum Gasteiger partial charge on any atom is 0.303 e. The number of hydrogen-bond donors (Lipinski definition) is 1. The molecule has 1 unspecified atom stereocenters. The van der Waals surface area contributed by atoms with Crippen molar-refractivity contribution in [2.75, 3.05) is 0 Å². The van der Waals surface area contributed by atoms with Gasteiger partial charge in [-0.3, -0.25) is 4.79 Å². The smallest absolute Gasteiger partial charge is 0.303 e. The Morgan fingerprint density at radius 2 is 2.06 bits per heavy atom. The van der Waals surface area contributed by atoms with Gasteiger partial charge in [0.05, 0.1) is 6.10 Å². The lowest BCUT2D eigenvalue weighted by molar-refractivity contribution is -0.137. The molecule has 18 heavy (non-hydrogen) atoms. The fourth-order valence-electron chi connectivity index (χ4n) is 2.40. The average molecular weight is 248 g/mol. The highest BCUT2D eigenvalue weighted by molar-refractivity contribution is 5.66.